The molecule has 0 unspecified atom stereocenters. The van der Waals surface area contributed by atoms with Gasteiger partial charge in [-0.25, -0.2) is 9.97 Å². The van der Waals surface area contributed by atoms with Crippen molar-refractivity contribution < 1.29 is 4.42 Å². The summed E-state index contributed by atoms with van der Waals surface area (Å²) in [5.41, 5.74) is 0.823. The molecule has 0 saturated heterocycles. The molecule has 0 fully saturated rings. The summed E-state index contributed by atoms with van der Waals surface area (Å²) in [6.07, 6.45) is 5.27. The molecule has 0 aliphatic heterocycles. The van der Waals surface area contributed by atoms with Gasteiger partial charge in [-0.1, -0.05) is 26.8 Å². The third-order valence-electron chi connectivity index (χ3n) is 3.62. The average molecular weight is 355 g/mol. The predicted octanol–water partition coefficient (Wildman–Crippen LogP) is 4.27. The molecule has 7 heteroatoms. The van der Waals surface area contributed by atoms with Crippen LogP contribution in [-0.4, -0.2) is 24.7 Å². The maximum absolute atomic E-state index is 5.40. The summed E-state index contributed by atoms with van der Waals surface area (Å²) in [7, 11) is 0. The van der Waals surface area contributed by atoms with Crippen LogP contribution in [0.3, 0.4) is 0 Å². The maximum Gasteiger partial charge on any atom is 0.198 e. The number of hydrogen-bond acceptors (Lipinski definition) is 6. The highest BCUT2D eigenvalue weighted by Crippen LogP contribution is 2.31. The molecule has 0 spiro atoms. The molecule has 0 amide bonds. The first-order valence-electron chi connectivity index (χ1n) is 8.00. The lowest BCUT2D eigenvalue weighted by molar-refractivity contribution is 0.534. The van der Waals surface area contributed by atoms with Gasteiger partial charge in [0.1, 0.15) is 16.6 Å². The van der Waals surface area contributed by atoms with Crippen LogP contribution < -0.4 is 0 Å². The van der Waals surface area contributed by atoms with Crippen LogP contribution in [-0.2, 0) is 12.0 Å². The molecule has 25 heavy (non-hydrogen) atoms. The summed E-state index contributed by atoms with van der Waals surface area (Å²) in [6, 6.07) is 3.78. The summed E-state index contributed by atoms with van der Waals surface area (Å²) in [5.74, 6) is 2.38. The average Bonchev–Trinajstić information content (AvgIpc) is 3.14. The maximum atomic E-state index is 5.40. The summed E-state index contributed by atoms with van der Waals surface area (Å²) in [5, 5.41) is 10.3. The molecule has 130 valence electrons. The number of nitrogens with zero attached hydrogens (tertiary/aromatic N) is 5. The van der Waals surface area contributed by atoms with Crippen LogP contribution in [0.2, 0.25) is 0 Å². The van der Waals surface area contributed by atoms with E-state index in [0.717, 1.165) is 33.2 Å². The van der Waals surface area contributed by atoms with E-state index in [-0.39, 0.29) is 5.41 Å². The molecule has 3 rings (SSSR count). The standard InChI is InChI=1S/C18H21N5OS/c1-6-10-23-15(13-8-11-24-12(13)2)21-22-17(23)25-14-7-9-19-16(20-14)18(3,4)5/h6-9,11H,1,10H2,2-5H3. The van der Waals surface area contributed by atoms with E-state index in [1.54, 1.807) is 12.5 Å². The lowest BCUT2D eigenvalue weighted by atomic mass is 9.96. The first-order valence-corrected chi connectivity index (χ1v) is 8.81. The summed E-state index contributed by atoms with van der Waals surface area (Å²) in [6.45, 7) is 12.6. The van der Waals surface area contributed by atoms with E-state index in [1.165, 1.54) is 11.8 Å². The number of furan rings is 1. The van der Waals surface area contributed by atoms with Gasteiger partial charge in [-0.05, 0) is 30.8 Å². The van der Waals surface area contributed by atoms with E-state index >= 15 is 0 Å². The van der Waals surface area contributed by atoms with Gasteiger partial charge in [0.2, 0.25) is 0 Å². The van der Waals surface area contributed by atoms with Gasteiger partial charge < -0.3 is 4.42 Å². The van der Waals surface area contributed by atoms with Gasteiger partial charge in [0.15, 0.2) is 11.0 Å². The summed E-state index contributed by atoms with van der Waals surface area (Å²) < 4.78 is 7.41. The second-order valence-corrected chi connectivity index (χ2v) is 7.65. The van der Waals surface area contributed by atoms with Crippen LogP contribution in [0.15, 0.2) is 51.8 Å². The third kappa shape index (κ3) is 3.66. The molecule has 0 aliphatic rings. The summed E-state index contributed by atoms with van der Waals surface area (Å²) in [4.78, 5) is 9.03. The monoisotopic (exact) mass is 355 g/mol. The van der Waals surface area contributed by atoms with Crippen molar-refractivity contribution in [2.45, 2.75) is 49.8 Å². The quantitative estimate of drug-likeness (QED) is 0.503. The smallest absolute Gasteiger partial charge is 0.198 e. The van der Waals surface area contributed by atoms with Crippen molar-refractivity contribution in [3.8, 4) is 11.4 Å². The van der Waals surface area contributed by atoms with E-state index in [4.69, 9.17) is 4.42 Å². The molecule has 0 radical (unpaired) electrons. The van der Waals surface area contributed by atoms with E-state index in [9.17, 15) is 0 Å². The van der Waals surface area contributed by atoms with Crippen molar-refractivity contribution in [1.82, 2.24) is 24.7 Å². The van der Waals surface area contributed by atoms with Gasteiger partial charge in [0.05, 0.1) is 11.8 Å². The number of rotatable bonds is 5. The molecule has 0 aliphatic carbocycles. The van der Waals surface area contributed by atoms with Crippen molar-refractivity contribution in [3.63, 3.8) is 0 Å². The number of allylic oxidation sites excluding steroid dienone is 1. The normalized spacial score (nSPS) is 11.7. The molecule has 3 aromatic rings. The van der Waals surface area contributed by atoms with E-state index in [0.29, 0.717) is 6.54 Å². The first kappa shape index (κ1) is 17.4. The Kier molecular flexibility index (Phi) is 4.76. The highest BCUT2D eigenvalue weighted by Gasteiger charge is 2.20. The van der Waals surface area contributed by atoms with E-state index in [2.05, 4.69) is 47.5 Å². The predicted molar refractivity (Wildman–Crippen MR) is 97.5 cm³/mol. The van der Waals surface area contributed by atoms with Crippen LogP contribution in [0.5, 0.6) is 0 Å². The van der Waals surface area contributed by atoms with Crippen molar-refractivity contribution in [2.24, 2.45) is 0 Å². The van der Waals surface area contributed by atoms with Gasteiger partial charge in [0, 0.05) is 18.2 Å². The highest BCUT2D eigenvalue weighted by atomic mass is 32.2. The zero-order valence-corrected chi connectivity index (χ0v) is 15.7. The first-order chi connectivity index (χ1) is 11.9. The van der Waals surface area contributed by atoms with Crippen LogP contribution in [0.25, 0.3) is 11.4 Å². The molecule has 0 saturated carbocycles. The molecule has 0 N–H and O–H groups in total. The Balaban J connectivity index is 1.97. The minimum atomic E-state index is -0.107. The number of hydrogen-bond donors (Lipinski definition) is 0. The molecule has 0 aromatic carbocycles. The fraction of sp³-hybridized carbons (Fsp3) is 0.333. The van der Waals surface area contributed by atoms with Crippen LogP contribution >= 0.6 is 11.8 Å². The van der Waals surface area contributed by atoms with Crippen LogP contribution in [0.1, 0.15) is 32.4 Å². The van der Waals surface area contributed by atoms with Gasteiger partial charge in [-0.3, -0.25) is 4.57 Å². The second-order valence-electron chi connectivity index (χ2n) is 6.67. The van der Waals surface area contributed by atoms with Crippen molar-refractivity contribution in [1.29, 1.82) is 0 Å². The highest BCUT2D eigenvalue weighted by molar-refractivity contribution is 7.99. The Labute approximate surface area is 151 Å². The molecular formula is C18H21N5OS. The number of aryl methyl sites for hydroxylation is 1. The van der Waals surface area contributed by atoms with Crippen LogP contribution in [0, 0.1) is 6.92 Å². The zero-order chi connectivity index (χ0) is 18.0. The Bertz CT molecular complexity index is 891. The third-order valence-corrected chi connectivity index (χ3v) is 4.55. The Hall–Kier alpha value is -2.41. The zero-order valence-electron chi connectivity index (χ0n) is 14.9. The SMILES string of the molecule is C=CCn1c(Sc2ccnc(C(C)(C)C)n2)nnc1-c1ccoc1C. The summed E-state index contributed by atoms with van der Waals surface area (Å²) >= 11 is 1.47. The van der Waals surface area contributed by atoms with E-state index in [1.807, 2.05) is 29.7 Å². The van der Waals surface area contributed by atoms with Crippen molar-refractivity contribution in [3.05, 3.63) is 48.8 Å². The van der Waals surface area contributed by atoms with Gasteiger partial charge in [0.25, 0.3) is 0 Å². The fourth-order valence-corrected chi connectivity index (χ4v) is 3.13. The minimum Gasteiger partial charge on any atom is -0.469 e. The largest absolute Gasteiger partial charge is 0.469 e. The molecule has 0 bridgehead atoms. The Morgan fingerprint density at radius 3 is 2.72 bits per heavy atom. The minimum absolute atomic E-state index is 0.107. The Morgan fingerprint density at radius 1 is 1.28 bits per heavy atom. The van der Waals surface area contributed by atoms with Crippen molar-refractivity contribution in [2.75, 3.05) is 0 Å². The molecular weight excluding hydrogens is 334 g/mol. The molecule has 6 nitrogen and oxygen atoms in total. The van der Waals surface area contributed by atoms with Crippen molar-refractivity contribution >= 4 is 11.8 Å². The topological polar surface area (TPSA) is 69.6 Å². The Morgan fingerprint density at radius 2 is 2.08 bits per heavy atom. The van der Waals surface area contributed by atoms with Gasteiger partial charge >= 0.3 is 0 Å². The van der Waals surface area contributed by atoms with Gasteiger partial charge in [-0.15, -0.1) is 16.8 Å². The van der Waals surface area contributed by atoms with Crippen LogP contribution in [0.4, 0.5) is 0 Å². The number of aromatic nitrogens is 5. The molecule has 3 heterocycles. The van der Waals surface area contributed by atoms with Gasteiger partial charge in [-0.2, -0.15) is 0 Å². The lowest BCUT2D eigenvalue weighted by Gasteiger charge is -2.16. The molecule has 0 atom stereocenters. The fourth-order valence-electron chi connectivity index (χ4n) is 2.33. The molecule has 3 aromatic heterocycles. The van der Waals surface area contributed by atoms with E-state index < -0.39 is 0 Å². The lowest BCUT2D eigenvalue weighted by Crippen LogP contribution is -2.15. The second kappa shape index (κ2) is 6.84.